The Morgan fingerprint density at radius 2 is 1.53 bits per heavy atom. The second-order valence-electron chi connectivity index (χ2n) is 10.5. The predicted octanol–water partition coefficient (Wildman–Crippen LogP) is 5.31. The van der Waals surface area contributed by atoms with Crippen molar-refractivity contribution < 1.29 is 19.1 Å². The normalized spacial score (nSPS) is 14.3. The Labute approximate surface area is 182 Å². The number of hydrogen-bond acceptors (Lipinski definition) is 5. The smallest absolute Gasteiger partial charge is 0.327 e. The first kappa shape index (κ1) is 26.2. The summed E-state index contributed by atoms with van der Waals surface area (Å²) in [5, 5.41) is 4.54. The quantitative estimate of drug-likeness (QED) is 0.377. The average molecular weight is 423 g/mol. The molecule has 0 N–H and O–H groups in total. The van der Waals surface area contributed by atoms with E-state index in [2.05, 4.69) is 67.4 Å². The molecule has 1 atom stereocenters. The summed E-state index contributed by atoms with van der Waals surface area (Å²) in [5.41, 5.74) is 1.15. The summed E-state index contributed by atoms with van der Waals surface area (Å²) >= 11 is 0. The zero-order valence-electron chi connectivity index (χ0n) is 20.7. The molecular weight excluding hydrogens is 380 g/mol. The predicted molar refractivity (Wildman–Crippen MR) is 119 cm³/mol. The lowest BCUT2D eigenvalue weighted by Crippen LogP contribution is -2.43. The number of nitrogens with zero attached hydrogens (tertiary/aromatic N) is 2. The maximum atomic E-state index is 12.8. The average Bonchev–Trinajstić information content (AvgIpc) is 3.01. The highest BCUT2D eigenvalue weighted by molar-refractivity contribution is 5.77. The monoisotopic (exact) mass is 422 g/mol. The Bertz CT molecular complexity index is 713. The van der Waals surface area contributed by atoms with Gasteiger partial charge in [-0.1, -0.05) is 62.3 Å². The summed E-state index contributed by atoms with van der Waals surface area (Å²) in [7, 11) is 0. The van der Waals surface area contributed by atoms with E-state index >= 15 is 0 Å². The Hall–Kier alpha value is -1.85. The van der Waals surface area contributed by atoms with Gasteiger partial charge in [0.2, 0.25) is 0 Å². The van der Waals surface area contributed by atoms with Gasteiger partial charge in [0.05, 0.1) is 11.1 Å². The van der Waals surface area contributed by atoms with Crippen LogP contribution >= 0.6 is 0 Å². The van der Waals surface area contributed by atoms with Gasteiger partial charge in [0.1, 0.15) is 19.8 Å². The van der Waals surface area contributed by atoms with Gasteiger partial charge in [-0.2, -0.15) is 5.10 Å². The zero-order valence-corrected chi connectivity index (χ0v) is 20.7. The van der Waals surface area contributed by atoms with Crippen LogP contribution in [-0.2, 0) is 25.6 Å². The highest BCUT2D eigenvalue weighted by Gasteiger charge is 2.45. The molecule has 1 aromatic rings. The molecule has 6 nitrogen and oxygen atoms in total. The molecular formula is C24H42N2O4. The molecule has 0 saturated heterocycles. The lowest BCUT2D eigenvalue weighted by Gasteiger charge is -2.40. The summed E-state index contributed by atoms with van der Waals surface area (Å²) in [6, 6.07) is 2.05. The lowest BCUT2D eigenvalue weighted by atomic mass is 9.64. The first-order valence-corrected chi connectivity index (χ1v) is 11.1. The van der Waals surface area contributed by atoms with Gasteiger partial charge in [-0.05, 0) is 42.6 Å². The second kappa shape index (κ2) is 10.5. The lowest BCUT2D eigenvalue weighted by molar-refractivity contribution is -0.167. The largest absolute Gasteiger partial charge is 0.462 e. The number of carbonyl (C=O) groups excluding carboxylic acids is 2. The maximum absolute atomic E-state index is 12.8. The van der Waals surface area contributed by atoms with Crippen molar-refractivity contribution in [1.29, 1.82) is 0 Å². The molecule has 0 fully saturated rings. The van der Waals surface area contributed by atoms with Crippen molar-refractivity contribution in [1.82, 2.24) is 9.78 Å². The molecule has 1 rings (SSSR count). The van der Waals surface area contributed by atoms with E-state index < -0.39 is 5.41 Å². The van der Waals surface area contributed by atoms with Crippen molar-refractivity contribution in [3.63, 3.8) is 0 Å². The molecule has 0 aliphatic carbocycles. The Morgan fingerprint density at radius 1 is 0.967 bits per heavy atom. The van der Waals surface area contributed by atoms with E-state index in [1.165, 1.54) is 0 Å². The molecule has 172 valence electrons. The molecule has 0 spiro atoms. The number of hydrogen-bond donors (Lipinski definition) is 0. The summed E-state index contributed by atoms with van der Waals surface area (Å²) in [6.45, 7) is 20.8. The molecule has 0 amide bonds. The first-order valence-electron chi connectivity index (χ1n) is 11.1. The van der Waals surface area contributed by atoms with E-state index in [-0.39, 0.29) is 43.0 Å². The van der Waals surface area contributed by atoms with Gasteiger partial charge >= 0.3 is 11.9 Å². The fourth-order valence-electron chi connectivity index (χ4n) is 3.45. The topological polar surface area (TPSA) is 70.4 Å². The van der Waals surface area contributed by atoms with E-state index in [4.69, 9.17) is 9.47 Å². The fourth-order valence-corrected chi connectivity index (χ4v) is 3.45. The van der Waals surface area contributed by atoms with Crippen molar-refractivity contribution in [2.45, 2.75) is 94.0 Å². The number of ether oxygens (including phenoxy) is 2. The Balaban J connectivity index is 2.62. The minimum absolute atomic E-state index is 0.0434. The van der Waals surface area contributed by atoms with Crippen LogP contribution in [0, 0.1) is 16.7 Å². The van der Waals surface area contributed by atoms with E-state index in [1.54, 1.807) is 4.68 Å². The van der Waals surface area contributed by atoms with Crippen molar-refractivity contribution in [2.24, 2.45) is 16.7 Å². The van der Waals surface area contributed by atoms with Crippen molar-refractivity contribution in [3.05, 3.63) is 17.5 Å². The van der Waals surface area contributed by atoms with Gasteiger partial charge in [0, 0.05) is 5.69 Å². The van der Waals surface area contributed by atoms with E-state index in [9.17, 15) is 9.59 Å². The summed E-state index contributed by atoms with van der Waals surface area (Å²) < 4.78 is 12.5. The molecule has 0 radical (unpaired) electrons. The van der Waals surface area contributed by atoms with Gasteiger partial charge in [0.25, 0.3) is 0 Å². The van der Waals surface area contributed by atoms with Crippen LogP contribution in [0.3, 0.4) is 0 Å². The van der Waals surface area contributed by atoms with Gasteiger partial charge in [-0.25, -0.2) is 0 Å². The highest BCUT2D eigenvalue weighted by Crippen LogP contribution is 2.44. The van der Waals surface area contributed by atoms with Gasteiger partial charge in [-0.3, -0.25) is 14.3 Å². The van der Waals surface area contributed by atoms with Crippen LogP contribution in [0.2, 0.25) is 0 Å². The van der Waals surface area contributed by atoms with Crippen LogP contribution in [0.5, 0.6) is 0 Å². The molecule has 0 aromatic carbocycles. The molecule has 0 bridgehead atoms. The van der Waals surface area contributed by atoms with Crippen molar-refractivity contribution in [3.8, 4) is 0 Å². The SMILES string of the molecule is CC(C)CC(C)(C(=O)OCCOC(=O)Cn1nc(C(C)C)cc1C(C)C)C(C)(C)C. The number of rotatable bonds is 10. The van der Waals surface area contributed by atoms with Crippen LogP contribution in [-0.4, -0.2) is 34.9 Å². The van der Waals surface area contributed by atoms with Crippen LogP contribution in [0.15, 0.2) is 6.07 Å². The number of carbonyl (C=O) groups is 2. The number of esters is 2. The van der Waals surface area contributed by atoms with E-state index in [0.29, 0.717) is 11.8 Å². The Kier molecular flexibility index (Phi) is 9.12. The van der Waals surface area contributed by atoms with Crippen LogP contribution in [0.25, 0.3) is 0 Å². The van der Waals surface area contributed by atoms with Gasteiger partial charge in [-0.15, -0.1) is 0 Å². The molecule has 0 aliphatic heterocycles. The van der Waals surface area contributed by atoms with Gasteiger partial charge < -0.3 is 9.47 Å². The molecule has 0 aliphatic rings. The number of aromatic nitrogens is 2. The van der Waals surface area contributed by atoms with Crippen molar-refractivity contribution in [2.75, 3.05) is 13.2 Å². The van der Waals surface area contributed by atoms with E-state index in [1.807, 2.05) is 13.0 Å². The minimum Gasteiger partial charge on any atom is -0.462 e. The van der Waals surface area contributed by atoms with E-state index in [0.717, 1.165) is 17.8 Å². The fraction of sp³-hybridized carbons (Fsp3) is 0.792. The molecule has 0 saturated carbocycles. The van der Waals surface area contributed by atoms with Crippen molar-refractivity contribution >= 4 is 11.9 Å². The van der Waals surface area contributed by atoms with Crippen LogP contribution < -0.4 is 0 Å². The molecule has 1 aromatic heterocycles. The van der Waals surface area contributed by atoms with Crippen LogP contribution in [0.1, 0.15) is 98.9 Å². The summed E-state index contributed by atoms with van der Waals surface area (Å²) in [5.74, 6) is 0.305. The molecule has 1 heterocycles. The standard InChI is InChI=1S/C24H42N2O4/c1-16(2)14-24(10,23(7,8)9)22(28)30-12-11-29-21(27)15-26-20(18(5)6)13-19(25-26)17(3)4/h13,16-18H,11-12,14-15H2,1-10H3. The first-order chi connectivity index (χ1) is 13.7. The Morgan fingerprint density at radius 3 is 2.00 bits per heavy atom. The third-order valence-corrected chi connectivity index (χ3v) is 5.79. The minimum atomic E-state index is -0.598. The maximum Gasteiger partial charge on any atom is 0.327 e. The van der Waals surface area contributed by atoms with Gasteiger partial charge in [0.15, 0.2) is 0 Å². The zero-order chi connectivity index (χ0) is 23.3. The molecule has 30 heavy (non-hydrogen) atoms. The third kappa shape index (κ3) is 6.85. The highest BCUT2D eigenvalue weighted by atomic mass is 16.6. The molecule has 1 unspecified atom stereocenters. The summed E-state index contributed by atoms with van der Waals surface area (Å²) in [6.07, 6.45) is 0.741. The molecule has 6 heteroatoms. The second-order valence-corrected chi connectivity index (χ2v) is 10.5. The summed E-state index contributed by atoms with van der Waals surface area (Å²) in [4.78, 5) is 25.1. The van der Waals surface area contributed by atoms with Crippen LogP contribution in [0.4, 0.5) is 0 Å². The third-order valence-electron chi connectivity index (χ3n) is 5.79.